The highest BCUT2D eigenvalue weighted by molar-refractivity contribution is 5.96. The summed E-state index contributed by atoms with van der Waals surface area (Å²) in [4.78, 5) is 21.9. The van der Waals surface area contributed by atoms with Gasteiger partial charge < -0.3 is 15.5 Å². The SMILES string of the molecule is Cc1ccnc(C)c1C(=O)N1CC2CN(CC[C@H](N)c3ccccc3)CC2C1. The van der Waals surface area contributed by atoms with Crippen LogP contribution in [-0.2, 0) is 0 Å². The van der Waals surface area contributed by atoms with Crippen LogP contribution in [0.1, 0.15) is 39.6 Å². The van der Waals surface area contributed by atoms with Crippen LogP contribution in [0.15, 0.2) is 42.6 Å². The van der Waals surface area contributed by atoms with Crippen LogP contribution in [0.5, 0.6) is 0 Å². The molecular formula is C23H30N4O. The number of pyridine rings is 1. The van der Waals surface area contributed by atoms with E-state index in [1.807, 2.05) is 43.0 Å². The van der Waals surface area contributed by atoms with Crippen LogP contribution >= 0.6 is 0 Å². The minimum absolute atomic E-state index is 0.0937. The average Bonchev–Trinajstić information content (AvgIpc) is 3.25. The number of benzene rings is 1. The number of likely N-dealkylation sites (tertiary alicyclic amines) is 2. The number of carbonyl (C=O) groups is 1. The number of hydrogen-bond acceptors (Lipinski definition) is 4. The molecule has 4 rings (SSSR count). The van der Waals surface area contributed by atoms with Gasteiger partial charge in [0, 0.05) is 38.4 Å². The number of aryl methyl sites for hydroxylation is 2. The van der Waals surface area contributed by atoms with Gasteiger partial charge in [0.25, 0.3) is 5.91 Å². The van der Waals surface area contributed by atoms with Gasteiger partial charge in [-0.05, 0) is 55.8 Å². The molecule has 0 radical (unpaired) electrons. The van der Waals surface area contributed by atoms with Gasteiger partial charge in [-0.15, -0.1) is 0 Å². The highest BCUT2D eigenvalue weighted by Gasteiger charge is 2.41. The fourth-order valence-corrected chi connectivity index (χ4v) is 4.80. The number of rotatable bonds is 5. The summed E-state index contributed by atoms with van der Waals surface area (Å²) in [6.45, 7) is 8.81. The van der Waals surface area contributed by atoms with Crippen molar-refractivity contribution in [1.82, 2.24) is 14.8 Å². The molecule has 3 atom stereocenters. The molecule has 0 saturated carbocycles. The fraction of sp³-hybridized carbons (Fsp3) is 0.478. The first-order valence-electron chi connectivity index (χ1n) is 10.3. The van der Waals surface area contributed by atoms with Gasteiger partial charge in [-0.1, -0.05) is 30.3 Å². The van der Waals surface area contributed by atoms with E-state index in [0.717, 1.165) is 56.0 Å². The molecule has 1 aromatic carbocycles. The lowest BCUT2D eigenvalue weighted by molar-refractivity contribution is 0.0772. The lowest BCUT2D eigenvalue weighted by atomic mass is 10.0. The van der Waals surface area contributed by atoms with Crippen molar-refractivity contribution in [3.05, 3.63) is 65.0 Å². The molecule has 2 aliphatic rings. The molecule has 5 nitrogen and oxygen atoms in total. The Balaban J connectivity index is 1.31. The number of amides is 1. The first-order valence-corrected chi connectivity index (χ1v) is 10.3. The number of carbonyl (C=O) groups excluding carboxylic acids is 1. The lowest BCUT2D eigenvalue weighted by Crippen LogP contribution is -2.34. The molecule has 3 heterocycles. The molecule has 0 spiro atoms. The second-order valence-electron chi connectivity index (χ2n) is 8.38. The summed E-state index contributed by atoms with van der Waals surface area (Å²) in [7, 11) is 0. The molecule has 2 saturated heterocycles. The number of hydrogen-bond donors (Lipinski definition) is 1. The predicted molar refractivity (Wildman–Crippen MR) is 111 cm³/mol. The zero-order valence-electron chi connectivity index (χ0n) is 16.8. The second-order valence-corrected chi connectivity index (χ2v) is 8.38. The van der Waals surface area contributed by atoms with Crippen LogP contribution in [0.25, 0.3) is 0 Å². The van der Waals surface area contributed by atoms with Crippen LogP contribution in [0.4, 0.5) is 0 Å². The molecule has 0 bridgehead atoms. The van der Waals surface area contributed by atoms with Crippen LogP contribution in [0.3, 0.4) is 0 Å². The molecule has 1 amide bonds. The zero-order valence-corrected chi connectivity index (χ0v) is 16.8. The van der Waals surface area contributed by atoms with Crippen molar-refractivity contribution in [1.29, 1.82) is 0 Å². The maximum absolute atomic E-state index is 13.0. The number of nitrogens with two attached hydrogens (primary N) is 1. The Kier molecular flexibility index (Phi) is 5.47. The molecule has 2 aliphatic heterocycles. The molecule has 2 unspecified atom stereocenters. The van der Waals surface area contributed by atoms with Gasteiger partial charge >= 0.3 is 0 Å². The minimum atomic E-state index is 0.0937. The molecule has 148 valence electrons. The van der Waals surface area contributed by atoms with Crippen LogP contribution in [0, 0.1) is 25.7 Å². The zero-order chi connectivity index (χ0) is 19.7. The largest absolute Gasteiger partial charge is 0.338 e. The Morgan fingerprint density at radius 2 is 1.79 bits per heavy atom. The first-order chi connectivity index (χ1) is 13.5. The first kappa shape index (κ1) is 19.1. The fourth-order valence-electron chi connectivity index (χ4n) is 4.80. The molecule has 5 heteroatoms. The van der Waals surface area contributed by atoms with E-state index < -0.39 is 0 Å². The van der Waals surface area contributed by atoms with Gasteiger partial charge in [0.05, 0.1) is 11.3 Å². The highest BCUT2D eigenvalue weighted by atomic mass is 16.2. The van der Waals surface area contributed by atoms with E-state index in [-0.39, 0.29) is 11.9 Å². The second kappa shape index (κ2) is 8.02. The Bertz CT molecular complexity index is 804. The summed E-state index contributed by atoms with van der Waals surface area (Å²) in [6.07, 6.45) is 2.75. The smallest absolute Gasteiger partial charge is 0.255 e. The number of nitrogens with zero attached hydrogens (tertiary/aromatic N) is 3. The summed E-state index contributed by atoms with van der Waals surface area (Å²) in [5.74, 6) is 1.30. The van der Waals surface area contributed by atoms with Gasteiger partial charge in [0.15, 0.2) is 0 Å². The third-order valence-corrected chi connectivity index (χ3v) is 6.40. The van der Waals surface area contributed by atoms with Crippen LogP contribution in [0.2, 0.25) is 0 Å². The molecule has 2 fully saturated rings. The summed E-state index contributed by atoms with van der Waals surface area (Å²) in [6, 6.07) is 12.4. The van der Waals surface area contributed by atoms with Crippen LogP contribution < -0.4 is 5.73 Å². The number of fused-ring (bicyclic) bond motifs is 1. The Morgan fingerprint density at radius 1 is 1.11 bits per heavy atom. The summed E-state index contributed by atoms with van der Waals surface area (Å²) < 4.78 is 0. The van der Waals surface area contributed by atoms with Gasteiger partial charge in [0.2, 0.25) is 0 Å². The van der Waals surface area contributed by atoms with E-state index >= 15 is 0 Å². The molecule has 1 aromatic heterocycles. The van der Waals surface area contributed by atoms with E-state index in [9.17, 15) is 4.79 Å². The van der Waals surface area contributed by atoms with Crippen LogP contribution in [-0.4, -0.2) is 53.4 Å². The van der Waals surface area contributed by atoms with Gasteiger partial charge in [-0.3, -0.25) is 9.78 Å². The topological polar surface area (TPSA) is 62.5 Å². The third kappa shape index (κ3) is 3.82. The van der Waals surface area contributed by atoms with Crippen molar-refractivity contribution in [3.63, 3.8) is 0 Å². The quantitative estimate of drug-likeness (QED) is 0.869. The van der Waals surface area contributed by atoms with E-state index in [0.29, 0.717) is 11.8 Å². The van der Waals surface area contributed by atoms with E-state index in [4.69, 9.17) is 5.73 Å². The van der Waals surface area contributed by atoms with Gasteiger partial charge in [0.1, 0.15) is 0 Å². The molecule has 28 heavy (non-hydrogen) atoms. The van der Waals surface area contributed by atoms with Gasteiger partial charge in [-0.2, -0.15) is 0 Å². The van der Waals surface area contributed by atoms with E-state index in [2.05, 4.69) is 22.0 Å². The van der Waals surface area contributed by atoms with Gasteiger partial charge in [-0.25, -0.2) is 0 Å². The normalized spacial score (nSPS) is 23.0. The summed E-state index contributed by atoms with van der Waals surface area (Å²) >= 11 is 0. The van der Waals surface area contributed by atoms with E-state index in [1.54, 1.807) is 6.20 Å². The molecular weight excluding hydrogens is 348 g/mol. The lowest BCUT2D eigenvalue weighted by Gasteiger charge is -2.23. The van der Waals surface area contributed by atoms with Crippen molar-refractivity contribution in [2.24, 2.45) is 17.6 Å². The standard InChI is InChI=1S/C23H30N4O/c1-16-8-10-25-17(2)22(16)23(28)27-14-19-12-26(13-20(19)15-27)11-9-21(24)18-6-4-3-5-7-18/h3-8,10,19-21H,9,11-15,24H2,1-2H3/t19?,20?,21-/m0/s1. The molecule has 0 aliphatic carbocycles. The van der Waals surface area contributed by atoms with Crippen molar-refractivity contribution in [2.45, 2.75) is 26.3 Å². The summed E-state index contributed by atoms with van der Waals surface area (Å²) in [5, 5.41) is 0. The van der Waals surface area contributed by atoms with E-state index in [1.165, 1.54) is 5.56 Å². The maximum Gasteiger partial charge on any atom is 0.255 e. The Hall–Kier alpha value is -2.24. The summed E-state index contributed by atoms with van der Waals surface area (Å²) in [5.41, 5.74) is 10.2. The molecule has 2 N–H and O–H groups in total. The Morgan fingerprint density at radius 3 is 2.43 bits per heavy atom. The Labute approximate surface area is 167 Å². The van der Waals surface area contributed by atoms with Crippen molar-refractivity contribution in [2.75, 3.05) is 32.7 Å². The van der Waals surface area contributed by atoms with Crippen molar-refractivity contribution >= 4 is 5.91 Å². The monoisotopic (exact) mass is 378 g/mol. The van der Waals surface area contributed by atoms with Crippen molar-refractivity contribution < 1.29 is 4.79 Å². The minimum Gasteiger partial charge on any atom is -0.338 e. The molecule has 2 aromatic rings. The third-order valence-electron chi connectivity index (χ3n) is 6.40. The average molecular weight is 379 g/mol. The highest BCUT2D eigenvalue weighted by Crippen LogP contribution is 2.33. The maximum atomic E-state index is 13.0. The predicted octanol–water partition coefficient (Wildman–Crippen LogP) is 2.79. The number of aromatic nitrogens is 1. The van der Waals surface area contributed by atoms with Crippen molar-refractivity contribution in [3.8, 4) is 0 Å².